The zero-order chi connectivity index (χ0) is 19.5. The van der Waals surface area contributed by atoms with Gasteiger partial charge in [0.2, 0.25) is 0 Å². The van der Waals surface area contributed by atoms with Gasteiger partial charge in [-0.2, -0.15) is 5.10 Å². The number of anilines is 1. The van der Waals surface area contributed by atoms with Crippen LogP contribution in [-0.2, 0) is 4.79 Å². The molecule has 0 bridgehead atoms. The number of aromatic nitrogens is 2. The van der Waals surface area contributed by atoms with E-state index in [0.29, 0.717) is 29.3 Å². The van der Waals surface area contributed by atoms with Crippen LogP contribution in [0.25, 0.3) is 5.69 Å². The summed E-state index contributed by atoms with van der Waals surface area (Å²) < 4.78 is 8.04. The first-order valence-electron chi connectivity index (χ1n) is 8.97. The van der Waals surface area contributed by atoms with Gasteiger partial charge in [-0.05, 0) is 43.2 Å². The highest BCUT2D eigenvalue weighted by molar-refractivity contribution is 9.10. The van der Waals surface area contributed by atoms with Crippen LogP contribution in [0.5, 0.6) is 5.75 Å². The fourth-order valence-corrected chi connectivity index (χ4v) is 3.28. The molecule has 7 heteroatoms. The third kappa shape index (κ3) is 4.14. The monoisotopic (exact) mass is 439 g/mol. The Balaban J connectivity index is 1.49. The van der Waals surface area contributed by atoms with Gasteiger partial charge in [0.15, 0.2) is 12.9 Å². The number of benzene rings is 2. The zero-order valence-electron chi connectivity index (χ0n) is 15.0. The molecule has 1 aliphatic carbocycles. The smallest absolute Gasteiger partial charge is 0.263 e. The lowest BCUT2D eigenvalue weighted by Gasteiger charge is -2.11. The minimum Gasteiger partial charge on any atom is -0.483 e. The van der Waals surface area contributed by atoms with E-state index in [1.54, 1.807) is 22.9 Å². The van der Waals surface area contributed by atoms with Crippen molar-refractivity contribution in [1.82, 2.24) is 9.78 Å². The summed E-state index contributed by atoms with van der Waals surface area (Å²) in [7, 11) is 0. The van der Waals surface area contributed by atoms with Crippen molar-refractivity contribution in [2.45, 2.75) is 18.8 Å². The molecule has 1 fully saturated rings. The maximum absolute atomic E-state index is 12.5. The summed E-state index contributed by atoms with van der Waals surface area (Å²) in [6.07, 6.45) is 2.95. The van der Waals surface area contributed by atoms with Gasteiger partial charge in [0, 0.05) is 16.5 Å². The molecule has 1 amide bonds. The van der Waals surface area contributed by atoms with Crippen molar-refractivity contribution in [3.8, 4) is 11.4 Å². The Bertz CT molecular complexity index is 1010. The van der Waals surface area contributed by atoms with Gasteiger partial charge in [-0.15, -0.1) is 0 Å². The van der Waals surface area contributed by atoms with Crippen molar-refractivity contribution in [3.05, 3.63) is 70.3 Å². The quantitative estimate of drug-likeness (QED) is 0.555. The second-order valence-corrected chi connectivity index (χ2v) is 7.53. The number of hydrogen-bond acceptors (Lipinski definition) is 4. The van der Waals surface area contributed by atoms with Gasteiger partial charge < -0.3 is 10.1 Å². The van der Waals surface area contributed by atoms with Crippen LogP contribution in [0.4, 0.5) is 5.82 Å². The van der Waals surface area contributed by atoms with E-state index in [1.807, 2.05) is 36.4 Å². The number of amides is 1. The highest BCUT2D eigenvalue weighted by atomic mass is 79.9. The number of carbonyl (C=O) groups excluding carboxylic acids is 2. The SMILES string of the molecule is O=Cc1cc(Br)ccc1OCC(=O)Nc1cc(C2CC2)nn1-c1ccccc1. The predicted molar refractivity (Wildman–Crippen MR) is 109 cm³/mol. The molecule has 0 saturated heterocycles. The van der Waals surface area contributed by atoms with E-state index in [4.69, 9.17) is 4.74 Å². The average molecular weight is 440 g/mol. The molecule has 4 rings (SSSR count). The molecular formula is C21H18BrN3O3. The van der Waals surface area contributed by atoms with Gasteiger partial charge in [-0.3, -0.25) is 9.59 Å². The number of hydrogen-bond donors (Lipinski definition) is 1. The van der Waals surface area contributed by atoms with Crippen LogP contribution in [0.1, 0.15) is 34.8 Å². The lowest BCUT2D eigenvalue weighted by molar-refractivity contribution is -0.118. The molecule has 0 radical (unpaired) electrons. The highest BCUT2D eigenvalue weighted by Gasteiger charge is 2.28. The van der Waals surface area contributed by atoms with Crippen molar-refractivity contribution >= 4 is 33.9 Å². The molecule has 28 heavy (non-hydrogen) atoms. The van der Waals surface area contributed by atoms with Crippen molar-refractivity contribution in [1.29, 1.82) is 0 Å². The first kappa shape index (κ1) is 18.4. The Morgan fingerprint density at radius 3 is 2.71 bits per heavy atom. The molecule has 1 saturated carbocycles. The summed E-state index contributed by atoms with van der Waals surface area (Å²) in [6.45, 7) is -0.207. The summed E-state index contributed by atoms with van der Waals surface area (Å²) in [4.78, 5) is 23.6. The molecule has 1 aliphatic rings. The van der Waals surface area contributed by atoms with Crippen molar-refractivity contribution in [3.63, 3.8) is 0 Å². The van der Waals surface area contributed by atoms with Gasteiger partial charge >= 0.3 is 0 Å². The number of halogens is 1. The number of rotatable bonds is 7. The topological polar surface area (TPSA) is 73.2 Å². The van der Waals surface area contributed by atoms with Gasteiger partial charge in [0.25, 0.3) is 5.91 Å². The fraction of sp³-hybridized carbons (Fsp3) is 0.190. The Hall–Kier alpha value is -2.93. The van der Waals surface area contributed by atoms with Crippen LogP contribution in [0.2, 0.25) is 0 Å². The number of aldehydes is 1. The fourth-order valence-electron chi connectivity index (χ4n) is 2.90. The molecule has 1 aromatic heterocycles. The molecule has 0 aliphatic heterocycles. The molecule has 142 valence electrons. The summed E-state index contributed by atoms with van der Waals surface area (Å²) in [6, 6.07) is 16.6. The molecule has 1 heterocycles. The Morgan fingerprint density at radius 1 is 1.21 bits per heavy atom. The predicted octanol–water partition coefficient (Wildman–Crippen LogP) is 4.34. The van der Waals surface area contributed by atoms with Crippen LogP contribution in [0.15, 0.2) is 59.1 Å². The second-order valence-electron chi connectivity index (χ2n) is 6.61. The minimum atomic E-state index is -0.320. The van der Waals surface area contributed by atoms with E-state index in [0.717, 1.165) is 28.7 Å². The Labute approximate surface area is 170 Å². The van der Waals surface area contributed by atoms with E-state index in [1.165, 1.54) is 0 Å². The van der Waals surface area contributed by atoms with Gasteiger partial charge in [-0.25, -0.2) is 4.68 Å². The lowest BCUT2D eigenvalue weighted by atomic mass is 10.2. The van der Waals surface area contributed by atoms with E-state index < -0.39 is 0 Å². The van der Waals surface area contributed by atoms with Gasteiger partial charge in [0.1, 0.15) is 11.6 Å². The Morgan fingerprint density at radius 2 is 2.00 bits per heavy atom. The maximum atomic E-state index is 12.5. The van der Waals surface area contributed by atoms with E-state index in [2.05, 4.69) is 26.3 Å². The number of nitrogens with one attached hydrogen (secondary N) is 1. The second kappa shape index (κ2) is 7.98. The van der Waals surface area contributed by atoms with Crippen LogP contribution >= 0.6 is 15.9 Å². The molecule has 1 N–H and O–H groups in total. The first-order chi connectivity index (χ1) is 13.6. The van der Waals surface area contributed by atoms with Gasteiger partial charge in [-0.1, -0.05) is 34.1 Å². The average Bonchev–Trinajstić information content (AvgIpc) is 3.48. The van der Waals surface area contributed by atoms with Crippen LogP contribution < -0.4 is 10.1 Å². The molecule has 0 unspecified atom stereocenters. The molecule has 3 aromatic rings. The number of ether oxygens (including phenoxy) is 1. The van der Waals surface area contributed by atoms with Crippen molar-refractivity contribution < 1.29 is 14.3 Å². The summed E-state index contributed by atoms with van der Waals surface area (Å²) >= 11 is 3.31. The lowest BCUT2D eigenvalue weighted by Crippen LogP contribution is -2.22. The molecule has 0 spiro atoms. The number of para-hydroxylation sites is 1. The van der Waals surface area contributed by atoms with Gasteiger partial charge in [0.05, 0.1) is 16.9 Å². The maximum Gasteiger partial charge on any atom is 0.263 e. The first-order valence-corrected chi connectivity index (χ1v) is 9.76. The zero-order valence-corrected chi connectivity index (χ0v) is 16.6. The molecular weight excluding hydrogens is 422 g/mol. The molecule has 6 nitrogen and oxygen atoms in total. The van der Waals surface area contributed by atoms with Crippen LogP contribution in [0.3, 0.4) is 0 Å². The summed E-state index contributed by atoms with van der Waals surface area (Å²) in [5.41, 5.74) is 2.24. The highest BCUT2D eigenvalue weighted by Crippen LogP contribution is 2.40. The van der Waals surface area contributed by atoms with E-state index >= 15 is 0 Å². The largest absolute Gasteiger partial charge is 0.483 e. The van der Waals surface area contributed by atoms with E-state index in [-0.39, 0.29) is 12.5 Å². The third-order valence-electron chi connectivity index (χ3n) is 4.45. The minimum absolute atomic E-state index is 0.207. The molecule has 2 aromatic carbocycles. The third-order valence-corrected chi connectivity index (χ3v) is 4.94. The molecule has 0 atom stereocenters. The van der Waals surface area contributed by atoms with Crippen molar-refractivity contribution in [2.75, 3.05) is 11.9 Å². The number of nitrogens with zero attached hydrogens (tertiary/aromatic N) is 2. The van der Waals surface area contributed by atoms with Crippen LogP contribution in [0, 0.1) is 0 Å². The van der Waals surface area contributed by atoms with E-state index in [9.17, 15) is 9.59 Å². The summed E-state index contributed by atoms with van der Waals surface area (Å²) in [5.74, 6) is 1.12. The number of carbonyl (C=O) groups is 2. The Kier molecular flexibility index (Phi) is 5.25. The standard InChI is InChI=1S/C21H18BrN3O3/c22-16-8-9-19(15(10-16)12-26)28-13-21(27)23-20-11-18(14-6-7-14)24-25(20)17-4-2-1-3-5-17/h1-5,8-12,14H,6-7,13H2,(H,23,27). The van der Waals surface area contributed by atoms with Crippen molar-refractivity contribution in [2.24, 2.45) is 0 Å². The van der Waals surface area contributed by atoms with Crippen LogP contribution in [-0.4, -0.2) is 28.6 Å². The summed E-state index contributed by atoms with van der Waals surface area (Å²) in [5, 5.41) is 7.53. The normalized spacial score (nSPS) is 13.2.